The molecule has 3 rings (SSSR count). The number of hydrogen-bond acceptors (Lipinski definition) is 3. The maximum Gasteiger partial charge on any atom is 0.233 e. The van der Waals surface area contributed by atoms with E-state index in [1.165, 1.54) is 0 Å². The largest absolute Gasteiger partial charge is 0.492 e. The predicted molar refractivity (Wildman–Crippen MR) is 89.5 cm³/mol. The van der Waals surface area contributed by atoms with Crippen LogP contribution in [0.1, 0.15) is 24.8 Å². The Balaban J connectivity index is 1.90. The van der Waals surface area contributed by atoms with Crippen molar-refractivity contribution in [2.75, 3.05) is 18.9 Å². The smallest absolute Gasteiger partial charge is 0.233 e. The summed E-state index contributed by atoms with van der Waals surface area (Å²) >= 11 is 1.69. The maximum absolute atomic E-state index is 11.9. The van der Waals surface area contributed by atoms with Crippen molar-refractivity contribution in [1.29, 1.82) is 0 Å². The number of para-hydroxylation sites is 2. The van der Waals surface area contributed by atoms with Crippen molar-refractivity contribution in [3.05, 3.63) is 48.3 Å². The van der Waals surface area contributed by atoms with E-state index in [-0.39, 0.29) is 11.3 Å². The van der Waals surface area contributed by atoms with Crippen molar-refractivity contribution in [2.45, 2.75) is 19.2 Å². The molecule has 0 spiro atoms. The lowest BCUT2D eigenvalue weighted by molar-refractivity contribution is -0.127. The molecule has 1 aliphatic rings. The van der Waals surface area contributed by atoms with Gasteiger partial charge in [-0.1, -0.05) is 12.1 Å². The zero-order chi connectivity index (χ0) is 15.5. The third-order valence-electron chi connectivity index (χ3n) is 3.75. The summed E-state index contributed by atoms with van der Waals surface area (Å²) in [6.45, 7) is 5.40. The van der Waals surface area contributed by atoms with Gasteiger partial charge >= 0.3 is 0 Å². The Labute approximate surface area is 135 Å². The van der Waals surface area contributed by atoms with E-state index in [0.29, 0.717) is 12.4 Å². The lowest BCUT2D eigenvalue weighted by Crippen LogP contribution is -2.27. The molecule has 0 bridgehead atoms. The molecule has 1 saturated heterocycles. The third kappa shape index (κ3) is 2.73. The van der Waals surface area contributed by atoms with Crippen LogP contribution in [0.25, 0.3) is 5.69 Å². The highest BCUT2D eigenvalue weighted by Gasteiger charge is 2.32. The average Bonchev–Trinajstić information content (AvgIpc) is 3.14. The van der Waals surface area contributed by atoms with Gasteiger partial charge in [0, 0.05) is 24.5 Å². The number of rotatable bonds is 5. The van der Waals surface area contributed by atoms with E-state index in [1.54, 1.807) is 11.8 Å². The predicted octanol–water partition coefficient (Wildman–Crippen LogP) is 3.47. The molecule has 1 atom stereocenters. The van der Waals surface area contributed by atoms with Gasteiger partial charge in [0.15, 0.2) is 0 Å². The standard InChI is InChI=1S/C17H20N2O2S/c1-3-19-16(20)12-22-17(19)13-9-10-18(11-13)14-7-5-6-8-15(14)21-4-2/h5-11,17H,3-4,12H2,1-2H3/t17-/m0/s1. The van der Waals surface area contributed by atoms with Crippen LogP contribution in [-0.4, -0.2) is 34.3 Å². The van der Waals surface area contributed by atoms with Gasteiger partial charge < -0.3 is 14.2 Å². The molecule has 2 aromatic rings. The van der Waals surface area contributed by atoms with Crippen LogP contribution in [-0.2, 0) is 4.79 Å². The highest BCUT2D eigenvalue weighted by Crippen LogP contribution is 2.39. The van der Waals surface area contributed by atoms with Gasteiger partial charge in [0.2, 0.25) is 5.91 Å². The monoisotopic (exact) mass is 316 g/mol. The van der Waals surface area contributed by atoms with Crippen LogP contribution in [0.15, 0.2) is 42.7 Å². The number of ether oxygens (including phenoxy) is 1. The van der Waals surface area contributed by atoms with E-state index >= 15 is 0 Å². The summed E-state index contributed by atoms with van der Waals surface area (Å²) < 4.78 is 7.76. The van der Waals surface area contributed by atoms with Crippen molar-refractivity contribution in [3.8, 4) is 11.4 Å². The zero-order valence-corrected chi connectivity index (χ0v) is 13.7. The number of benzene rings is 1. The summed E-state index contributed by atoms with van der Waals surface area (Å²) in [5.74, 6) is 1.66. The minimum Gasteiger partial charge on any atom is -0.492 e. The van der Waals surface area contributed by atoms with E-state index in [1.807, 2.05) is 49.2 Å². The molecule has 1 aliphatic heterocycles. The first-order valence-corrected chi connectivity index (χ1v) is 8.60. The van der Waals surface area contributed by atoms with Crippen LogP contribution in [0.3, 0.4) is 0 Å². The number of thioether (sulfide) groups is 1. The molecule has 5 heteroatoms. The molecule has 0 aliphatic carbocycles. The van der Waals surface area contributed by atoms with Gasteiger partial charge in [0.05, 0.1) is 18.0 Å². The molecule has 1 aromatic carbocycles. The van der Waals surface area contributed by atoms with Gasteiger partial charge in [-0.2, -0.15) is 0 Å². The molecule has 22 heavy (non-hydrogen) atoms. The zero-order valence-electron chi connectivity index (χ0n) is 12.9. The van der Waals surface area contributed by atoms with E-state index in [9.17, 15) is 4.79 Å². The number of carbonyl (C=O) groups excluding carboxylic acids is 1. The van der Waals surface area contributed by atoms with Crippen molar-refractivity contribution >= 4 is 17.7 Å². The number of carbonyl (C=O) groups is 1. The summed E-state index contributed by atoms with van der Waals surface area (Å²) in [5, 5.41) is 0.123. The number of hydrogen-bond donors (Lipinski definition) is 0. The third-order valence-corrected chi connectivity index (χ3v) is 5.01. The highest BCUT2D eigenvalue weighted by molar-refractivity contribution is 8.00. The fraction of sp³-hybridized carbons (Fsp3) is 0.353. The Hall–Kier alpha value is -1.88. The molecular formula is C17H20N2O2S. The first-order valence-electron chi connectivity index (χ1n) is 7.55. The Bertz CT molecular complexity index is 668. The molecule has 116 valence electrons. The van der Waals surface area contributed by atoms with E-state index < -0.39 is 0 Å². The van der Waals surface area contributed by atoms with Crippen LogP contribution >= 0.6 is 11.8 Å². The minimum atomic E-state index is 0.123. The van der Waals surface area contributed by atoms with Crippen LogP contribution in [0.4, 0.5) is 0 Å². The first-order chi connectivity index (χ1) is 10.7. The van der Waals surface area contributed by atoms with E-state index in [0.717, 1.165) is 23.5 Å². The molecule has 1 amide bonds. The van der Waals surface area contributed by atoms with Crippen LogP contribution < -0.4 is 4.74 Å². The average molecular weight is 316 g/mol. The fourth-order valence-electron chi connectivity index (χ4n) is 2.73. The molecule has 1 aromatic heterocycles. The summed E-state index contributed by atoms with van der Waals surface area (Å²) in [6, 6.07) is 10.1. The van der Waals surface area contributed by atoms with E-state index in [2.05, 4.69) is 16.8 Å². The van der Waals surface area contributed by atoms with Gasteiger partial charge in [-0.15, -0.1) is 11.8 Å². The van der Waals surface area contributed by atoms with Gasteiger partial charge in [-0.3, -0.25) is 4.79 Å². The maximum atomic E-state index is 11.9. The van der Waals surface area contributed by atoms with Crippen LogP contribution in [0.2, 0.25) is 0 Å². The van der Waals surface area contributed by atoms with Gasteiger partial charge in [0.25, 0.3) is 0 Å². The van der Waals surface area contributed by atoms with Crippen molar-refractivity contribution in [2.24, 2.45) is 0 Å². The number of nitrogens with zero attached hydrogens (tertiary/aromatic N) is 2. The Morgan fingerprint density at radius 2 is 2.09 bits per heavy atom. The normalized spacial score (nSPS) is 18.0. The Morgan fingerprint density at radius 3 is 2.86 bits per heavy atom. The molecule has 1 fully saturated rings. The second-order valence-corrected chi connectivity index (χ2v) is 6.16. The lowest BCUT2D eigenvalue weighted by atomic mass is 10.3. The molecule has 0 radical (unpaired) electrons. The van der Waals surface area contributed by atoms with E-state index in [4.69, 9.17) is 4.74 Å². The molecule has 2 heterocycles. The molecule has 0 N–H and O–H groups in total. The summed E-state index contributed by atoms with van der Waals surface area (Å²) in [5.41, 5.74) is 2.18. The van der Waals surface area contributed by atoms with Gasteiger partial charge in [0.1, 0.15) is 11.1 Å². The van der Waals surface area contributed by atoms with Crippen LogP contribution in [0.5, 0.6) is 5.75 Å². The Kier molecular flexibility index (Phi) is 4.43. The topological polar surface area (TPSA) is 34.5 Å². The summed E-state index contributed by atoms with van der Waals surface area (Å²) in [4.78, 5) is 13.8. The quantitative estimate of drug-likeness (QED) is 0.847. The number of amides is 1. The van der Waals surface area contributed by atoms with Crippen LogP contribution in [0, 0.1) is 0 Å². The highest BCUT2D eigenvalue weighted by atomic mass is 32.2. The second kappa shape index (κ2) is 6.48. The van der Waals surface area contributed by atoms with Gasteiger partial charge in [-0.25, -0.2) is 0 Å². The number of aromatic nitrogens is 1. The fourth-order valence-corrected chi connectivity index (χ4v) is 3.97. The van der Waals surface area contributed by atoms with Crippen molar-refractivity contribution in [3.63, 3.8) is 0 Å². The Morgan fingerprint density at radius 1 is 1.27 bits per heavy atom. The lowest BCUT2D eigenvalue weighted by Gasteiger charge is -2.21. The van der Waals surface area contributed by atoms with Crippen molar-refractivity contribution in [1.82, 2.24) is 9.47 Å². The molecule has 0 unspecified atom stereocenters. The molecular weight excluding hydrogens is 296 g/mol. The summed E-state index contributed by atoms with van der Waals surface area (Å²) in [7, 11) is 0. The van der Waals surface area contributed by atoms with Gasteiger partial charge in [-0.05, 0) is 32.0 Å². The SMILES string of the molecule is CCOc1ccccc1-n1ccc([C@@H]2SCC(=O)N2CC)c1. The summed E-state index contributed by atoms with van der Waals surface area (Å²) in [6.07, 6.45) is 4.13. The second-order valence-electron chi connectivity index (χ2n) is 5.10. The first kappa shape index (κ1) is 15.0. The van der Waals surface area contributed by atoms with Crippen molar-refractivity contribution < 1.29 is 9.53 Å². The molecule has 0 saturated carbocycles. The minimum absolute atomic E-state index is 0.123. The molecule has 4 nitrogen and oxygen atoms in total.